The summed E-state index contributed by atoms with van der Waals surface area (Å²) in [5.74, 6) is 1.58. The molecular weight excluding hydrogens is 294 g/mol. The van der Waals surface area contributed by atoms with E-state index in [4.69, 9.17) is 4.74 Å². The Labute approximate surface area is 132 Å². The van der Waals surface area contributed by atoms with Gasteiger partial charge in [-0.2, -0.15) is 4.68 Å². The van der Waals surface area contributed by atoms with Crippen molar-refractivity contribution in [3.05, 3.63) is 60.6 Å². The van der Waals surface area contributed by atoms with Crippen molar-refractivity contribution >= 4 is 11.8 Å². The van der Waals surface area contributed by atoms with E-state index in [-0.39, 0.29) is 5.75 Å². The highest BCUT2D eigenvalue weighted by molar-refractivity contribution is 5.53. The summed E-state index contributed by atoms with van der Waals surface area (Å²) in [5, 5.41) is 24.0. The van der Waals surface area contributed by atoms with Crippen LogP contribution in [0.1, 0.15) is 5.82 Å². The minimum atomic E-state index is 0.225. The fourth-order valence-electron chi connectivity index (χ4n) is 1.98. The molecule has 7 heteroatoms. The Bertz CT molecular complexity index is 794. The second-order valence-electron chi connectivity index (χ2n) is 4.67. The second-order valence-corrected chi connectivity index (χ2v) is 4.67. The number of aromatic nitrogens is 4. The number of anilines is 1. The lowest BCUT2D eigenvalue weighted by molar-refractivity contribution is 0.414. The molecule has 3 rings (SSSR count). The number of rotatable bonds is 5. The molecule has 116 valence electrons. The van der Waals surface area contributed by atoms with Crippen molar-refractivity contribution in [2.75, 3.05) is 12.4 Å². The zero-order valence-corrected chi connectivity index (χ0v) is 12.4. The van der Waals surface area contributed by atoms with Gasteiger partial charge in [0.1, 0.15) is 11.5 Å². The minimum absolute atomic E-state index is 0.225. The summed E-state index contributed by atoms with van der Waals surface area (Å²) < 4.78 is 6.76. The Balaban J connectivity index is 1.75. The first-order valence-electron chi connectivity index (χ1n) is 6.91. The SMILES string of the molecule is COc1ccc(-n2nnnc2C=CNc2ccc(O)cc2)cc1. The number of hydrogen-bond donors (Lipinski definition) is 2. The van der Waals surface area contributed by atoms with Gasteiger partial charge in [0.15, 0.2) is 5.82 Å². The lowest BCUT2D eigenvalue weighted by atomic mass is 10.3. The highest BCUT2D eigenvalue weighted by atomic mass is 16.5. The molecule has 0 radical (unpaired) electrons. The van der Waals surface area contributed by atoms with Gasteiger partial charge >= 0.3 is 0 Å². The number of nitrogens with one attached hydrogen (secondary N) is 1. The summed E-state index contributed by atoms with van der Waals surface area (Å²) >= 11 is 0. The first-order chi connectivity index (χ1) is 11.3. The van der Waals surface area contributed by atoms with Crippen molar-refractivity contribution in [1.82, 2.24) is 20.2 Å². The van der Waals surface area contributed by atoms with Crippen LogP contribution < -0.4 is 10.1 Å². The normalized spacial score (nSPS) is 10.8. The third-order valence-corrected chi connectivity index (χ3v) is 3.16. The van der Waals surface area contributed by atoms with Gasteiger partial charge in [-0.1, -0.05) is 0 Å². The number of methoxy groups -OCH3 is 1. The van der Waals surface area contributed by atoms with Crippen LogP contribution in [0.3, 0.4) is 0 Å². The van der Waals surface area contributed by atoms with Crippen LogP contribution >= 0.6 is 0 Å². The summed E-state index contributed by atoms with van der Waals surface area (Å²) in [4.78, 5) is 0. The fourth-order valence-corrected chi connectivity index (χ4v) is 1.98. The summed E-state index contributed by atoms with van der Waals surface area (Å²) in [6.45, 7) is 0. The highest BCUT2D eigenvalue weighted by Gasteiger charge is 2.05. The van der Waals surface area contributed by atoms with Gasteiger partial charge in [0, 0.05) is 18.0 Å². The lowest BCUT2D eigenvalue weighted by Gasteiger charge is -2.04. The van der Waals surface area contributed by atoms with Crippen LogP contribution in [0.4, 0.5) is 5.69 Å². The number of hydrogen-bond acceptors (Lipinski definition) is 6. The smallest absolute Gasteiger partial charge is 0.181 e. The standard InChI is InChI=1S/C16H15N5O2/c1-23-15-8-4-13(5-9-15)21-16(18-19-20-21)10-11-17-12-2-6-14(22)7-3-12/h2-11,17,22H,1H3. The van der Waals surface area contributed by atoms with E-state index in [1.165, 1.54) is 0 Å². The molecule has 0 aliphatic carbocycles. The number of ether oxygens (including phenoxy) is 1. The molecule has 0 amide bonds. The molecule has 0 fully saturated rings. The van der Waals surface area contributed by atoms with Crippen molar-refractivity contribution < 1.29 is 9.84 Å². The van der Waals surface area contributed by atoms with E-state index in [1.54, 1.807) is 48.3 Å². The number of nitrogens with zero attached hydrogens (tertiary/aromatic N) is 4. The highest BCUT2D eigenvalue weighted by Crippen LogP contribution is 2.16. The molecule has 23 heavy (non-hydrogen) atoms. The van der Waals surface area contributed by atoms with Gasteiger partial charge in [-0.15, -0.1) is 5.10 Å². The Kier molecular flexibility index (Phi) is 4.19. The van der Waals surface area contributed by atoms with Crippen LogP contribution in [0.15, 0.2) is 54.7 Å². The van der Waals surface area contributed by atoms with Gasteiger partial charge in [0.05, 0.1) is 12.8 Å². The van der Waals surface area contributed by atoms with Crippen molar-refractivity contribution in [2.24, 2.45) is 0 Å². The number of phenolic OH excluding ortho intramolecular Hbond substituents is 1. The number of phenols is 1. The largest absolute Gasteiger partial charge is 0.508 e. The fraction of sp³-hybridized carbons (Fsp3) is 0.0625. The summed E-state index contributed by atoms with van der Waals surface area (Å²) in [6, 6.07) is 14.2. The average molecular weight is 309 g/mol. The summed E-state index contributed by atoms with van der Waals surface area (Å²) in [7, 11) is 1.62. The third kappa shape index (κ3) is 3.46. The molecule has 3 aromatic rings. The minimum Gasteiger partial charge on any atom is -0.508 e. The van der Waals surface area contributed by atoms with Gasteiger partial charge < -0.3 is 15.2 Å². The van der Waals surface area contributed by atoms with E-state index in [0.717, 1.165) is 17.1 Å². The van der Waals surface area contributed by atoms with E-state index in [1.807, 2.05) is 24.3 Å². The predicted octanol–water partition coefficient (Wildman–Crippen LogP) is 2.46. The summed E-state index contributed by atoms with van der Waals surface area (Å²) in [5.41, 5.74) is 1.68. The van der Waals surface area contributed by atoms with Crippen molar-refractivity contribution in [2.45, 2.75) is 0 Å². The predicted molar refractivity (Wildman–Crippen MR) is 86.5 cm³/mol. The number of tetrazole rings is 1. The van der Waals surface area contributed by atoms with E-state index in [9.17, 15) is 5.11 Å². The van der Waals surface area contributed by atoms with Crippen LogP contribution in [0.25, 0.3) is 11.8 Å². The Morgan fingerprint density at radius 2 is 1.83 bits per heavy atom. The van der Waals surface area contributed by atoms with Crippen LogP contribution in [-0.2, 0) is 0 Å². The maximum atomic E-state index is 9.25. The molecule has 0 unspecified atom stereocenters. The van der Waals surface area contributed by atoms with E-state index in [0.29, 0.717) is 5.82 Å². The Morgan fingerprint density at radius 3 is 2.52 bits per heavy atom. The molecule has 0 spiro atoms. The maximum Gasteiger partial charge on any atom is 0.181 e. The zero-order valence-electron chi connectivity index (χ0n) is 12.4. The zero-order chi connectivity index (χ0) is 16.1. The molecule has 2 N–H and O–H groups in total. The van der Waals surface area contributed by atoms with Gasteiger partial charge in [-0.05, 0) is 59.0 Å². The van der Waals surface area contributed by atoms with Gasteiger partial charge in [-0.25, -0.2) is 0 Å². The van der Waals surface area contributed by atoms with Gasteiger partial charge in [0.2, 0.25) is 0 Å². The Morgan fingerprint density at radius 1 is 1.09 bits per heavy atom. The number of benzene rings is 2. The molecule has 1 aromatic heterocycles. The molecule has 2 aromatic carbocycles. The molecule has 0 bridgehead atoms. The summed E-state index contributed by atoms with van der Waals surface area (Å²) in [6.07, 6.45) is 3.50. The molecule has 0 saturated heterocycles. The molecule has 1 heterocycles. The quantitative estimate of drug-likeness (QED) is 0.704. The monoisotopic (exact) mass is 309 g/mol. The van der Waals surface area contributed by atoms with Crippen LogP contribution in [0.2, 0.25) is 0 Å². The van der Waals surface area contributed by atoms with Crippen molar-refractivity contribution in [3.63, 3.8) is 0 Å². The maximum absolute atomic E-state index is 9.25. The van der Waals surface area contributed by atoms with Crippen molar-refractivity contribution in [1.29, 1.82) is 0 Å². The van der Waals surface area contributed by atoms with Crippen LogP contribution in [0.5, 0.6) is 11.5 Å². The molecule has 7 nitrogen and oxygen atoms in total. The first kappa shape index (κ1) is 14.6. The molecule has 0 saturated carbocycles. The van der Waals surface area contributed by atoms with E-state index in [2.05, 4.69) is 20.8 Å². The van der Waals surface area contributed by atoms with Gasteiger partial charge in [0.25, 0.3) is 0 Å². The molecule has 0 aliphatic heterocycles. The second kappa shape index (κ2) is 6.61. The van der Waals surface area contributed by atoms with Crippen LogP contribution in [0, 0.1) is 0 Å². The molecular formula is C16H15N5O2. The Hall–Kier alpha value is -3.35. The lowest BCUT2D eigenvalue weighted by Crippen LogP contribution is -2.00. The average Bonchev–Trinajstić information content (AvgIpc) is 3.05. The molecule has 0 aliphatic rings. The van der Waals surface area contributed by atoms with Crippen LogP contribution in [-0.4, -0.2) is 32.4 Å². The van der Waals surface area contributed by atoms with E-state index < -0.39 is 0 Å². The third-order valence-electron chi connectivity index (χ3n) is 3.16. The first-order valence-corrected chi connectivity index (χ1v) is 6.91. The molecule has 0 atom stereocenters. The van der Waals surface area contributed by atoms with Crippen molar-refractivity contribution in [3.8, 4) is 17.2 Å². The van der Waals surface area contributed by atoms with E-state index >= 15 is 0 Å². The topological polar surface area (TPSA) is 85.1 Å². The number of aromatic hydroxyl groups is 1. The van der Waals surface area contributed by atoms with Gasteiger partial charge in [-0.3, -0.25) is 0 Å².